The zero-order valence-corrected chi connectivity index (χ0v) is 10.7. The average molecular weight is 253 g/mol. The van der Waals surface area contributed by atoms with Crippen LogP contribution in [-0.2, 0) is 13.5 Å². The van der Waals surface area contributed by atoms with Gasteiger partial charge in [-0.15, -0.1) is 5.10 Å². The molecule has 0 aliphatic rings. The minimum absolute atomic E-state index is 0.107. The second-order valence-electron chi connectivity index (χ2n) is 4.61. The molecule has 2 N–H and O–H groups in total. The van der Waals surface area contributed by atoms with Gasteiger partial charge < -0.3 is 5.73 Å². The molecule has 1 unspecified atom stereocenters. The first-order valence-electron chi connectivity index (χ1n) is 6.18. The van der Waals surface area contributed by atoms with Crippen molar-refractivity contribution in [1.82, 2.24) is 20.0 Å². The number of benzene rings is 1. The van der Waals surface area contributed by atoms with Crippen molar-refractivity contribution >= 4 is 10.9 Å². The monoisotopic (exact) mass is 253 g/mol. The van der Waals surface area contributed by atoms with Crippen LogP contribution in [0.1, 0.15) is 17.3 Å². The first kappa shape index (κ1) is 11.8. The highest BCUT2D eigenvalue weighted by atomic mass is 15.4. The topological polar surface area (TPSA) is 69.6 Å². The summed E-state index contributed by atoms with van der Waals surface area (Å²) in [4.78, 5) is 4.35. The van der Waals surface area contributed by atoms with Gasteiger partial charge in [0.25, 0.3) is 0 Å². The summed E-state index contributed by atoms with van der Waals surface area (Å²) in [6, 6.07) is 9.90. The number of aromatic nitrogens is 4. The zero-order valence-electron chi connectivity index (χ0n) is 10.7. The van der Waals surface area contributed by atoms with E-state index in [1.165, 1.54) is 0 Å². The van der Waals surface area contributed by atoms with Crippen LogP contribution in [0.4, 0.5) is 0 Å². The highest BCUT2D eigenvalue weighted by Crippen LogP contribution is 2.23. The predicted molar refractivity (Wildman–Crippen MR) is 73.4 cm³/mol. The molecule has 0 aliphatic carbocycles. The van der Waals surface area contributed by atoms with Crippen LogP contribution in [0, 0.1) is 0 Å². The lowest BCUT2D eigenvalue weighted by Gasteiger charge is -2.12. The second kappa shape index (κ2) is 4.78. The van der Waals surface area contributed by atoms with E-state index in [0.29, 0.717) is 6.42 Å². The van der Waals surface area contributed by atoms with E-state index in [-0.39, 0.29) is 6.04 Å². The molecule has 19 heavy (non-hydrogen) atoms. The van der Waals surface area contributed by atoms with Crippen LogP contribution in [-0.4, -0.2) is 20.0 Å². The van der Waals surface area contributed by atoms with Gasteiger partial charge in [0.1, 0.15) is 0 Å². The Kier molecular flexibility index (Phi) is 2.97. The Labute approximate surface area is 111 Å². The van der Waals surface area contributed by atoms with Crippen LogP contribution >= 0.6 is 0 Å². The second-order valence-corrected chi connectivity index (χ2v) is 4.61. The molecular formula is C14H15N5. The van der Waals surface area contributed by atoms with E-state index in [1.807, 2.05) is 43.6 Å². The zero-order chi connectivity index (χ0) is 13.2. The van der Waals surface area contributed by atoms with Gasteiger partial charge in [0.15, 0.2) is 0 Å². The van der Waals surface area contributed by atoms with E-state index in [9.17, 15) is 0 Å². The van der Waals surface area contributed by atoms with Crippen molar-refractivity contribution in [1.29, 1.82) is 0 Å². The average Bonchev–Trinajstić information content (AvgIpc) is 2.83. The summed E-state index contributed by atoms with van der Waals surface area (Å²) in [7, 11) is 1.85. The Hall–Kier alpha value is -2.27. The van der Waals surface area contributed by atoms with Crippen LogP contribution in [0.5, 0.6) is 0 Å². The van der Waals surface area contributed by atoms with E-state index in [0.717, 1.165) is 22.2 Å². The molecule has 5 heteroatoms. The molecule has 1 aromatic carbocycles. The summed E-state index contributed by atoms with van der Waals surface area (Å²) in [6.07, 6.45) is 4.35. The maximum absolute atomic E-state index is 6.30. The fourth-order valence-electron chi connectivity index (χ4n) is 2.27. The summed E-state index contributed by atoms with van der Waals surface area (Å²) in [5, 5.41) is 9.10. The van der Waals surface area contributed by atoms with Gasteiger partial charge in [-0.05, 0) is 17.7 Å². The number of rotatable bonds is 3. The third-order valence-electron chi connectivity index (χ3n) is 3.16. The van der Waals surface area contributed by atoms with Crippen LogP contribution in [0.15, 0.2) is 42.7 Å². The summed E-state index contributed by atoms with van der Waals surface area (Å²) in [6.45, 7) is 0. The number of hydrogen-bond donors (Lipinski definition) is 1. The lowest BCUT2D eigenvalue weighted by molar-refractivity contribution is 0.697. The number of hydrogen-bond acceptors (Lipinski definition) is 4. The predicted octanol–water partition coefficient (Wildman–Crippen LogP) is 1.61. The molecule has 0 radical (unpaired) electrons. The molecule has 0 spiro atoms. The number of fused-ring (bicyclic) bond motifs is 1. The summed E-state index contributed by atoms with van der Waals surface area (Å²) >= 11 is 0. The minimum atomic E-state index is -0.107. The summed E-state index contributed by atoms with van der Waals surface area (Å²) in [5.41, 5.74) is 9.26. The highest BCUT2D eigenvalue weighted by Gasteiger charge is 2.12. The third-order valence-corrected chi connectivity index (χ3v) is 3.16. The van der Waals surface area contributed by atoms with Gasteiger partial charge in [0, 0.05) is 37.3 Å². The molecule has 5 nitrogen and oxygen atoms in total. The van der Waals surface area contributed by atoms with Crippen molar-refractivity contribution in [3.63, 3.8) is 0 Å². The van der Waals surface area contributed by atoms with Crippen molar-refractivity contribution in [3.05, 3.63) is 54.0 Å². The molecule has 2 heterocycles. The van der Waals surface area contributed by atoms with Crippen LogP contribution in [0.25, 0.3) is 10.9 Å². The molecule has 0 amide bonds. The molecule has 0 saturated carbocycles. The van der Waals surface area contributed by atoms with Crippen LogP contribution in [0.2, 0.25) is 0 Å². The van der Waals surface area contributed by atoms with Crippen molar-refractivity contribution in [2.75, 3.05) is 0 Å². The minimum Gasteiger partial charge on any atom is -0.324 e. The lowest BCUT2D eigenvalue weighted by Crippen LogP contribution is -2.14. The molecular weight excluding hydrogens is 238 g/mol. The van der Waals surface area contributed by atoms with Gasteiger partial charge in [-0.2, -0.15) is 0 Å². The number of aryl methyl sites for hydroxylation is 1. The largest absolute Gasteiger partial charge is 0.324 e. The fraction of sp³-hybridized carbons (Fsp3) is 0.214. The Bertz CT molecular complexity index is 698. The van der Waals surface area contributed by atoms with Gasteiger partial charge in [-0.25, -0.2) is 0 Å². The highest BCUT2D eigenvalue weighted by molar-refractivity contribution is 5.82. The van der Waals surface area contributed by atoms with Crippen molar-refractivity contribution in [3.8, 4) is 0 Å². The molecule has 0 fully saturated rings. The van der Waals surface area contributed by atoms with Crippen molar-refractivity contribution in [2.24, 2.45) is 12.8 Å². The fourth-order valence-corrected chi connectivity index (χ4v) is 2.27. The number of nitrogens with zero attached hydrogens (tertiary/aromatic N) is 4. The van der Waals surface area contributed by atoms with Gasteiger partial charge in [0.05, 0.1) is 11.2 Å². The first-order chi connectivity index (χ1) is 9.24. The quantitative estimate of drug-likeness (QED) is 0.769. The summed E-state index contributed by atoms with van der Waals surface area (Å²) < 4.78 is 1.69. The molecule has 2 aromatic heterocycles. The van der Waals surface area contributed by atoms with E-state index >= 15 is 0 Å². The Balaban J connectivity index is 1.95. The molecule has 96 valence electrons. The third kappa shape index (κ3) is 2.32. The Morgan fingerprint density at radius 2 is 2.16 bits per heavy atom. The molecule has 0 aliphatic heterocycles. The van der Waals surface area contributed by atoms with Crippen molar-refractivity contribution in [2.45, 2.75) is 12.5 Å². The first-order valence-corrected chi connectivity index (χ1v) is 6.18. The van der Waals surface area contributed by atoms with Crippen LogP contribution < -0.4 is 5.73 Å². The maximum Gasteiger partial charge on any atom is 0.0845 e. The normalized spacial score (nSPS) is 12.7. The van der Waals surface area contributed by atoms with E-state index < -0.39 is 0 Å². The number of nitrogens with two attached hydrogens (primary N) is 1. The molecule has 1 atom stereocenters. The Morgan fingerprint density at radius 3 is 2.95 bits per heavy atom. The Morgan fingerprint density at radius 1 is 1.26 bits per heavy atom. The summed E-state index contributed by atoms with van der Waals surface area (Å²) in [5.74, 6) is 0. The standard InChI is InChI=1S/C14H15N5/c1-19-9-10(17-18-19)8-13(15)11-4-2-6-14-12(11)5-3-7-16-14/h2-7,9,13H,8,15H2,1H3. The van der Waals surface area contributed by atoms with Gasteiger partial charge >= 0.3 is 0 Å². The molecule has 0 saturated heterocycles. The maximum atomic E-state index is 6.30. The van der Waals surface area contributed by atoms with Gasteiger partial charge in [0.2, 0.25) is 0 Å². The van der Waals surface area contributed by atoms with Crippen molar-refractivity contribution < 1.29 is 0 Å². The number of pyridine rings is 1. The lowest BCUT2D eigenvalue weighted by atomic mass is 9.98. The molecule has 3 rings (SSSR count). The van der Waals surface area contributed by atoms with Crippen LogP contribution in [0.3, 0.4) is 0 Å². The van der Waals surface area contributed by atoms with E-state index in [1.54, 1.807) is 10.9 Å². The van der Waals surface area contributed by atoms with E-state index in [4.69, 9.17) is 5.73 Å². The van der Waals surface area contributed by atoms with Gasteiger partial charge in [-0.3, -0.25) is 9.67 Å². The smallest absolute Gasteiger partial charge is 0.0845 e. The van der Waals surface area contributed by atoms with Gasteiger partial charge in [-0.1, -0.05) is 23.4 Å². The van der Waals surface area contributed by atoms with E-state index in [2.05, 4.69) is 15.3 Å². The SMILES string of the molecule is Cn1cc(CC(N)c2cccc3ncccc23)nn1. The molecule has 3 aromatic rings. The molecule has 0 bridgehead atoms.